The number of sulfonamides is 1. The first-order chi connectivity index (χ1) is 15.9. The molecule has 1 aliphatic heterocycles. The van der Waals surface area contributed by atoms with Crippen molar-refractivity contribution in [1.82, 2.24) is 9.79 Å². The lowest BCUT2D eigenvalue weighted by atomic mass is 9.94. The van der Waals surface area contributed by atoms with Gasteiger partial charge in [0.05, 0.1) is 11.5 Å². The van der Waals surface area contributed by atoms with E-state index in [1.807, 2.05) is 19.1 Å². The molecule has 2 N–H and O–H groups in total. The summed E-state index contributed by atoms with van der Waals surface area (Å²) in [5.74, 6) is 0.977. The van der Waals surface area contributed by atoms with Gasteiger partial charge < -0.3 is 9.47 Å². The average molecular weight is 469 g/mol. The summed E-state index contributed by atoms with van der Waals surface area (Å²) in [4.78, 5) is 12.5. The van der Waals surface area contributed by atoms with Gasteiger partial charge >= 0.3 is 0 Å². The van der Waals surface area contributed by atoms with Crippen LogP contribution in [0.3, 0.4) is 0 Å². The Kier molecular flexibility index (Phi) is 6.64. The van der Waals surface area contributed by atoms with E-state index in [1.54, 1.807) is 54.0 Å². The topological polar surface area (TPSA) is 105 Å². The third kappa shape index (κ3) is 4.70. The van der Waals surface area contributed by atoms with Crippen LogP contribution in [0.2, 0.25) is 0 Å². The van der Waals surface area contributed by atoms with E-state index in [0.29, 0.717) is 30.1 Å². The molecule has 1 atom stereocenters. The summed E-state index contributed by atoms with van der Waals surface area (Å²) in [6, 6.07) is 19.1. The lowest BCUT2D eigenvalue weighted by Gasteiger charge is -2.34. The van der Waals surface area contributed by atoms with Crippen LogP contribution in [-0.2, 0) is 21.2 Å². The molecule has 0 aliphatic carbocycles. The summed E-state index contributed by atoms with van der Waals surface area (Å²) in [5.41, 5.74) is 3.03. The zero-order valence-electron chi connectivity index (χ0n) is 18.0. The molecule has 0 saturated carbocycles. The highest BCUT2D eigenvalue weighted by molar-refractivity contribution is 7.89. The molecule has 172 valence electrons. The second-order valence-electron chi connectivity index (χ2n) is 7.42. The summed E-state index contributed by atoms with van der Waals surface area (Å²) in [7, 11) is -4.02. The molecule has 33 heavy (non-hydrogen) atoms. The van der Waals surface area contributed by atoms with E-state index in [-0.39, 0.29) is 11.4 Å². The summed E-state index contributed by atoms with van der Waals surface area (Å²) in [5, 5.41) is 9.24. The van der Waals surface area contributed by atoms with Gasteiger partial charge in [0, 0.05) is 6.54 Å². The maximum Gasteiger partial charge on any atom is 0.266 e. The molecule has 0 bridgehead atoms. The molecule has 3 aromatic rings. The second-order valence-corrected chi connectivity index (χ2v) is 9.31. The van der Waals surface area contributed by atoms with Gasteiger partial charge in [-0.25, -0.2) is 13.9 Å². The van der Waals surface area contributed by atoms with Gasteiger partial charge in [-0.15, -0.1) is 0 Å². The number of hydrogen-bond acceptors (Lipinski definition) is 6. The van der Waals surface area contributed by atoms with Crippen molar-refractivity contribution in [2.75, 3.05) is 13.2 Å². The normalized spacial score (nSPS) is 16.0. The molecular weight excluding hydrogens is 444 g/mol. The molecule has 0 fully saturated rings. The first kappa shape index (κ1) is 22.8. The van der Waals surface area contributed by atoms with Gasteiger partial charge in [-0.05, 0) is 73.0 Å². The number of ether oxygens (including phenoxy) is 2. The van der Waals surface area contributed by atoms with Gasteiger partial charge in [0.2, 0.25) is 10.0 Å². The van der Waals surface area contributed by atoms with E-state index in [9.17, 15) is 18.4 Å². The van der Waals surface area contributed by atoms with E-state index in [1.165, 1.54) is 12.1 Å². The van der Waals surface area contributed by atoms with Crippen molar-refractivity contribution in [2.24, 2.45) is 0 Å². The molecule has 1 heterocycles. The number of nitrogens with one attached hydrogen (secondary N) is 1. The summed E-state index contributed by atoms with van der Waals surface area (Å²) >= 11 is 0. The van der Waals surface area contributed by atoms with E-state index >= 15 is 0 Å². The van der Waals surface area contributed by atoms with E-state index in [2.05, 4.69) is 0 Å². The number of amides is 1. The maximum atomic E-state index is 13.4. The molecule has 0 spiro atoms. The van der Waals surface area contributed by atoms with Crippen molar-refractivity contribution >= 4 is 15.9 Å². The van der Waals surface area contributed by atoms with Crippen molar-refractivity contribution in [3.8, 4) is 17.2 Å². The van der Waals surface area contributed by atoms with Gasteiger partial charge in [-0.1, -0.05) is 24.3 Å². The zero-order valence-corrected chi connectivity index (χ0v) is 18.8. The standard InChI is InChI=1S/C24H24N2O6S/c1-2-31-18-7-9-19(10-8-18)32-20-11-13-21(14-12-20)33(29,30)26-16-15-17-5-3-4-6-22(17)23(26)24(27)25-28/h3-14,23,28H,2,15-16H2,1H3,(H,25,27). The molecule has 9 heteroatoms. The molecule has 0 radical (unpaired) electrons. The van der Waals surface area contributed by atoms with Crippen LogP contribution < -0.4 is 15.0 Å². The fourth-order valence-corrected chi connectivity index (χ4v) is 5.43. The number of hydroxylamine groups is 1. The van der Waals surface area contributed by atoms with Crippen LogP contribution in [0.4, 0.5) is 0 Å². The van der Waals surface area contributed by atoms with Gasteiger partial charge in [0.25, 0.3) is 5.91 Å². The van der Waals surface area contributed by atoms with E-state index < -0.39 is 22.0 Å². The van der Waals surface area contributed by atoms with Gasteiger partial charge in [-0.3, -0.25) is 10.0 Å². The van der Waals surface area contributed by atoms with Crippen LogP contribution in [0.25, 0.3) is 0 Å². The van der Waals surface area contributed by atoms with E-state index in [0.717, 1.165) is 15.6 Å². The third-order valence-corrected chi connectivity index (χ3v) is 7.28. The minimum Gasteiger partial charge on any atom is -0.494 e. The molecule has 1 aliphatic rings. The molecule has 8 nitrogen and oxygen atoms in total. The summed E-state index contributed by atoms with van der Waals surface area (Å²) in [6.45, 7) is 2.59. The largest absolute Gasteiger partial charge is 0.494 e. The SMILES string of the molecule is CCOc1ccc(Oc2ccc(S(=O)(=O)N3CCc4ccccc4C3C(=O)NO)cc2)cc1. The molecule has 0 aromatic heterocycles. The Morgan fingerprint density at radius 2 is 1.61 bits per heavy atom. The fourth-order valence-electron chi connectivity index (χ4n) is 3.86. The Balaban J connectivity index is 1.57. The number of carbonyl (C=O) groups is 1. The second kappa shape index (κ2) is 9.62. The Morgan fingerprint density at radius 3 is 2.24 bits per heavy atom. The molecule has 3 aromatic carbocycles. The molecule has 1 amide bonds. The monoisotopic (exact) mass is 468 g/mol. The van der Waals surface area contributed by atoms with Crippen molar-refractivity contribution in [1.29, 1.82) is 0 Å². The van der Waals surface area contributed by atoms with Crippen molar-refractivity contribution in [3.63, 3.8) is 0 Å². The number of nitrogens with zero attached hydrogens (tertiary/aromatic N) is 1. The van der Waals surface area contributed by atoms with Crippen LogP contribution >= 0.6 is 0 Å². The van der Waals surface area contributed by atoms with Crippen molar-refractivity contribution in [3.05, 3.63) is 83.9 Å². The summed E-state index contributed by atoms with van der Waals surface area (Å²) in [6.07, 6.45) is 0.462. The van der Waals surface area contributed by atoms with Crippen LogP contribution in [0, 0.1) is 0 Å². The maximum absolute atomic E-state index is 13.4. The van der Waals surface area contributed by atoms with Gasteiger partial charge in [0.1, 0.15) is 23.3 Å². The Hall–Kier alpha value is -3.40. The number of carbonyl (C=O) groups excluding carboxylic acids is 1. The predicted molar refractivity (Wildman–Crippen MR) is 121 cm³/mol. The Bertz CT molecular complexity index is 1230. The fraction of sp³-hybridized carbons (Fsp3) is 0.208. The average Bonchev–Trinajstić information content (AvgIpc) is 2.84. The van der Waals surface area contributed by atoms with Crippen LogP contribution in [0.1, 0.15) is 24.1 Å². The molecular formula is C24H24N2O6S. The van der Waals surface area contributed by atoms with Crippen LogP contribution in [0.5, 0.6) is 17.2 Å². The molecule has 0 saturated heterocycles. The van der Waals surface area contributed by atoms with Crippen molar-refractivity contribution < 1.29 is 27.9 Å². The number of hydrogen-bond donors (Lipinski definition) is 2. The highest BCUT2D eigenvalue weighted by Gasteiger charge is 2.40. The van der Waals surface area contributed by atoms with E-state index in [4.69, 9.17) is 9.47 Å². The Morgan fingerprint density at radius 1 is 1.00 bits per heavy atom. The number of benzene rings is 3. The smallest absolute Gasteiger partial charge is 0.266 e. The van der Waals surface area contributed by atoms with Gasteiger partial charge in [0.15, 0.2) is 0 Å². The zero-order chi connectivity index (χ0) is 23.4. The predicted octanol–water partition coefficient (Wildman–Crippen LogP) is 3.67. The van der Waals surface area contributed by atoms with Gasteiger partial charge in [-0.2, -0.15) is 4.31 Å². The molecule has 4 rings (SSSR count). The lowest BCUT2D eigenvalue weighted by molar-refractivity contribution is -0.133. The number of rotatable bonds is 7. The first-order valence-corrected chi connectivity index (χ1v) is 11.9. The number of fused-ring (bicyclic) bond motifs is 1. The lowest BCUT2D eigenvalue weighted by Crippen LogP contribution is -2.46. The highest BCUT2D eigenvalue weighted by atomic mass is 32.2. The van der Waals surface area contributed by atoms with Crippen molar-refractivity contribution in [2.45, 2.75) is 24.3 Å². The summed E-state index contributed by atoms with van der Waals surface area (Å²) < 4.78 is 39.1. The minimum atomic E-state index is -4.02. The van der Waals surface area contributed by atoms with Crippen LogP contribution in [0.15, 0.2) is 77.7 Å². The third-order valence-electron chi connectivity index (χ3n) is 5.40. The highest BCUT2D eigenvalue weighted by Crippen LogP contribution is 2.35. The minimum absolute atomic E-state index is 0.0247. The molecule has 1 unspecified atom stereocenters. The quantitative estimate of drug-likeness (QED) is 0.405. The Labute approximate surface area is 192 Å². The van der Waals surface area contributed by atoms with Crippen LogP contribution in [-0.4, -0.2) is 37.0 Å². The first-order valence-electron chi connectivity index (χ1n) is 10.5.